The number of ether oxygens (including phenoxy) is 2. The summed E-state index contributed by atoms with van der Waals surface area (Å²) in [6, 6.07) is 8.05. The summed E-state index contributed by atoms with van der Waals surface area (Å²) in [6.07, 6.45) is 2.47. The van der Waals surface area contributed by atoms with E-state index < -0.39 is 0 Å². The van der Waals surface area contributed by atoms with E-state index in [4.69, 9.17) is 15.2 Å². The predicted octanol–water partition coefficient (Wildman–Crippen LogP) is 1.94. The number of rotatable bonds is 4. The Hall–Kier alpha value is -2.78. The minimum Gasteiger partial charge on any atom is -0.493 e. The summed E-state index contributed by atoms with van der Waals surface area (Å²) in [5.41, 5.74) is 9.39. The second kappa shape index (κ2) is 6.15. The summed E-state index contributed by atoms with van der Waals surface area (Å²) in [4.78, 5) is 4.09. The normalized spacial score (nSPS) is 15.8. The van der Waals surface area contributed by atoms with Gasteiger partial charge in [0.05, 0.1) is 19.8 Å². The number of nitrogen functional groups attached to an aromatic ring is 1. The molecule has 2 heterocycles. The molecule has 1 aromatic heterocycles. The summed E-state index contributed by atoms with van der Waals surface area (Å²) in [5.74, 6) is 1.67. The molecule has 0 spiro atoms. The second-order valence-corrected chi connectivity index (χ2v) is 5.40. The molecule has 3 rings (SSSR count). The molecule has 1 aromatic carbocycles. The van der Waals surface area contributed by atoms with Crippen molar-refractivity contribution < 1.29 is 9.47 Å². The van der Waals surface area contributed by atoms with Crippen LogP contribution in [0, 0.1) is 11.3 Å². The first-order valence-electron chi connectivity index (χ1n) is 7.29. The summed E-state index contributed by atoms with van der Waals surface area (Å²) < 4.78 is 10.6. The van der Waals surface area contributed by atoms with Crippen LogP contribution in [0.1, 0.15) is 28.3 Å². The van der Waals surface area contributed by atoms with Gasteiger partial charge in [0.15, 0.2) is 11.5 Å². The van der Waals surface area contributed by atoms with E-state index in [-0.39, 0.29) is 11.9 Å². The number of nitrogens with two attached hydrogens (primary N) is 1. The SMILES string of the molecule is COc1ccc(CC2NCc3cnc(N)c(C#N)c32)cc1OC. The number of nitriles is 1. The van der Waals surface area contributed by atoms with Crippen molar-refractivity contribution in [2.24, 2.45) is 0 Å². The van der Waals surface area contributed by atoms with Crippen LogP contribution in [-0.4, -0.2) is 19.2 Å². The molecule has 0 radical (unpaired) electrons. The zero-order valence-corrected chi connectivity index (χ0v) is 13.1. The fourth-order valence-corrected chi connectivity index (χ4v) is 2.99. The minimum absolute atomic E-state index is 0.0306. The van der Waals surface area contributed by atoms with Crippen molar-refractivity contribution in [1.82, 2.24) is 10.3 Å². The molecule has 1 unspecified atom stereocenters. The zero-order chi connectivity index (χ0) is 16.4. The van der Waals surface area contributed by atoms with Gasteiger partial charge in [0.25, 0.3) is 0 Å². The van der Waals surface area contributed by atoms with Crippen LogP contribution < -0.4 is 20.5 Å². The van der Waals surface area contributed by atoms with Crippen molar-refractivity contribution in [2.75, 3.05) is 20.0 Å². The highest BCUT2D eigenvalue weighted by atomic mass is 16.5. The fraction of sp³-hybridized carbons (Fsp3) is 0.294. The molecule has 0 saturated heterocycles. The van der Waals surface area contributed by atoms with Crippen molar-refractivity contribution >= 4 is 5.82 Å². The van der Waals surface area contributed by atoms with Crippen LogP contribution in [0.2, 0.25) is 0 Å². The average molecular weight is 310 g/mol. The number of aromatic nitrogens is 1. The molecule has 0 bridgehead atoms. The highest BCUT2D eigenvalue weighted by Crippen LogP contribution is 2.34. The number of hydrogen-bond donors (Lipinski definition) is 2. The first-order valence-corrected chi connectivity index (χ1v) is 7.29. The number of methoxy groups -OCH3 is 2. The number of hydrogen-bond acceptors (Lipinski definition) is 6. The number of fused-ring (bicyclic) bond motifs is 1. The molecule has 0 fully saturated rings. The number of benzene rings is 1. The maximum absolute atomic E-state index is 9.38. The lowest BCUT2D eigenvalue weighted by atomic mass is 9.95. The van der Waals surface area contributed by atoms with Gasteiger partial charge in [-0.2, -0.15) is 5.26 Å². The molecular formula is C17H18N4O2. The van der Waals surface area contributed by atoms with Gasteiger partial charge in [0.2, 0.25) is 0 Å². The Kier molecular flexibility index (Phi) is 4.04. The molecule has 1 atom stereocenters. The largest absolute Gasteiger partial charge is 0.493 e. The van der Waals surface area contributed by atoms with Crippen molar-refractivity contribution in [3.63, 3.8) is 0 Å². The van der Waals surface area contributed by atoms with E-state index in [1.54, 1.807) is 20.4 Å². The number of nitrogens with zero attached hydrogens (tertiary/aromatic N) is 2. The van der Waals surface area contributed by atoms with Crippen LogP contribution in [0.3, 0.4) is 0 Å². The highest BCUT2D eigenvalue weighted by Gasteiger charge is 2.27. The summed E-state index contributed by atoms with van der Waals surface area (Å²) in [6.45, 7) is 0.690. The van der Waals surface area contributed by atoms with Gasteiger partial charge in [0.1, 0.15) is 11.9 Å². The van der Waals surface area contributed by atoms with Gasteiger partial charge in [-0.15, -0.1) is 0 Å². The van der Waals surface area contributed by atoms with Crippen LogP contribution in [0.4, 0.5) is 5.82 Å². The third kappa shape index (κ3) is 2.67. The van der Waals surface area contributed by atoms with Gasteiger partial charge in [-0.1, -0.05) is 6.07 Å². The van der Waals surface area contributed by atoms with Crippen molar-refractivity contribution in [1.29, 1.82) is 5.26 Å². The smallest absolute Gasteiger partial charge is 0.160 e. The highest BCUT2D eigenvalue weighted by molar-refractivity contribution is 5.58. The van der Waals surface area contributed by atoms with Gasteiger partial charge in [-0.05, 0) is 35.2 Å². The molecule has 0 saturated carbocycles. The molecule has 3 N–H and O–H groups in total. The van der Waals surface area contributed by atoms with E-state index in [2.05, 4.69) is 16.4 Å². The Bertz CT molecular complexity index is 783. The molecule has 23 heavy (non-hydrogen) atoms. The maximum Gasteiger partial charge on any atom is 0.160 e. The monoisotopic (exact) mass is 310 g/mol. The molecular weight excluding hydrogens is 292 g/mol. The van der Waals surface area contributed by atoms with E-state index >= 15 is 0 Å². The third-order valence-electron chi connectivity index (χ3n) is 4.12. The first-order chi connectivity index (χ1) is 11.2. The Labute approximate surface area is 134 Å². The Morgan fingerprint density at radius 1 is 1.35 bits per heavy atom. The van der Waals surface area contributed by atoms with Crippen LogP contribution in [0.15, 0.2) is 24.4 Å². The van der Waals surface area contributed by atoms with Gasteiger partial charge < -0.3 is 20.5 Å². The van der Waals surface area contributed by atoms with Crippen LogP contribution in [-0.2, 0) is 13.0 Å². The predicted molar refractivity (Wildman–Crippen MR) is 86.2 cm³/mol. The molecule has 118 valence electrons. The van der Waals surface area contributed by atoms with E-state index in [0.29, 0.717) is 23.6 Å². The van der Waals surface area contributed by atoms with Crippen molar-refractivity contribution in [2.45, 2.75) is 19.0 Å². The number of anilines is 1. The Balaban J connectivity index is 1.93. The van der Waals surface area contributed by atoms with Crippen LogP contribution in [0.5, 0.6) is 11.5 Å². The fourth-order valence-electron chi connectivity index (χ4n) is 2.99. The van der Waals surface area contributed by atoms with Gasteiger partial charge in [0, 0.05) is 18.8 Å². The van der Waals surface area contributed by atoms with E-state index in [1.807, 2.05) is 18.2 Å². The third-order valence-corrected chi connectivity index (χ3v) is 4.12. The molecule has 1 aliphatic heterocycles. The summed E-state index contributed by atoms with van der Waals surface area (Å²) in [7, 11) is 3.23. The molecule has 2 aromatic rings. The van der Waals surface area contributed by atoms with Crippen molar-refractivity contribution in [3.05, 3.63) is 46.6 Å². The average Bonchev–Trinajstić information content (AvgIpc) is 2.97. The van der Waals surface area contributed by atoms with E-state index in [1.165, 1.54) is 0 Å². The lowest BCUT2D eigenvalue weighted by Gasteiger charge is -2.15. The van der Waals surface area contributed by atoms with E-state index in [9.17, 15) is 5.26 Å². The van der Waals surface area contributed by atoms with Gasteiger partial charge in [-0.3, -0.25) is 0 Å². The molecule has 6 heteroatoms. The quantitative estimate of drug-likeness (QED) is 0.896. The molecule has 0 aliphatic carbocycles. The van der Waals surface area contributed by atoms with Crippen LogP contribution in [0.25, 0.3) is 0 Å². The second-order valence-electron chi connectivity index (χ2n) is 5.40. The van der Waals surface area contributed by atoms with E-state index in [0.717, 1.165) is 23.1 Å². The minimum atomic E-state index is 0.0306. The van der Waals surface area contributed by atoms with Gasteiger partial charge in [-0.25, -0.2) is 4.98 Å². The maximum atomic E-state index is 9.38. The van der Waals surface area contributed by atoms with Gasteiger partial charge >= 0.3 is 0 Å². The summed E-state index contributed by atoms with van der Waals surface area (Å²) in [5, 5.41) is 12.8. The standard InChI is InChI=1S/C17H18N4O2/c1-22-14-4-3-10(6-15(14)23-2)5-13-16-11(8-20-13)9-21-17(19)12(16)7-18/h3-4,6,9,13,20H,5,8H2,1-2H3,(H2,19,21). The lowest BCUT2D eigenvalue weighted by molar-refractivity contribution is 0.354. The topological polar surface area (TPSA) is 93.2 Å². The number of nitrogens with one attached hydrogen (secondary N) is 1. The molecule has 0 amide bonds. The molecule has 6 nitrogen and oxygen atoms in total. The van der Waals surface area contributed by atoms with Crippen molar-refractivity contribution in [3.8, 4) is 17.6 Å². The molecule has 1 aliphatic rings. The number of pyridine rings is 1. The zero-order valence-electron chi connectivity index (χ0n) is 13.1. The summed E-state index contributed by atoms with van der Waals surface area (Å²) >= 11 is 0. The Morgan fingerprint density at radius 2 is 2.13 bits per heavy atom. The van der Waals surface area contributed by atoms with Crippen LogP contribution >= 0.6 is 0 Å². The lowest BCUT2D eigenvalue weighted by Crippen LogP contribution is -2.16. The first kappa shape index (κ1) is 15.1. The Morgan fingerprint density at radius 3 is 2.83 bits per heavy atom.